The first-order chi connectivity index (χ1) is 11.8. The minimum absolute atomic E-state index is 0.0113. The Bertz CT molecular complexity index is 667. The zero-order valence-corrected chi connectivity index (χ0v) is 14.3. The number of aromatic nitrogens is 1. The van der Waals surface area contributed by atoms with E-state index in [1.165, 1.54) is 32.1 Å². The van der Waals surface area contributed by atoms with Gasteiger partial charge in [0.25, 0.3) is 5.91 Å². The Morgan fingerprint density at radius 1 is 0.958 bits per heavy atom. The largest absolute Gasteiger partial charge is 0.348 e. The van der Waals surface area contributed by atoms with Crippen LogP contribution in [0.1, 0.15) is 65.7 Å². The summed E-state index contributed by atoms with van der Waals surface area (Å²) in [6, 6.07) is 12.2. The average molecular weight is 322 g/mol. The molecule has 1 N–H and O–H groups in total. The SMILES string of the molecule is O=C(NCc1ccccc1)c1cnc2cc1CCCCCCCC2. The molecule has 1 aliphatic carbocycles. The van der Waals surface area contributed by atoms with Crippen LogP contribution in [0.25, 0.3) is 0 Å². The normalized spacial score (nSPS) is 15.3. The van der Waals surface area contributed by atoms with E-state index < -0.39 is 0 Å². The predicted octanol–water partition coefficient (Wildman–Crippen LogP) is 4.45. The molecule has 0 radical (unpaired) electrons. The van der Waals surface area contributed by atoms with Gasteiger partial charge in [-0.05, 0) is 42.9 Å². The van der Waals surface area contributed by atoms with Crippen molar-refractivity contribution in [1.29, 1.82) is 0 Å². The van der Waals surface area contributed by atoms with Crippen molar-refractivity contribution >= 4 is 5.91 Å². The lowest BCUT2D eigenvalue weighted by atomic mass is 10.0. The van der Waals surface area contributed by atoms with Crippen LogP contribution in [0.5, 0.6) is 0 Å². The van der Waals surface area contributed by atoms with E-state index in [0.717, 1.165) is 41.6 Å². The second-order valence-electron chi connectivity index (χ2n) is 6.62. The minimum Gasteiger partial charge on any atom is -0.348 e. The van der Waals surface area contributed by atoms with Crippen LogP contribution in [0, 0.1) is 0 Å². The van der Waals surface area contributed by atoms with Gasteiger partial charge in [-0.1, -0.05) is 56.0 Å². The molecular weight excluding hydrogens is 296 g/mol. The number of fused-ring (bicyclic) bond motifs is 2. The number of amides is 1. The lowest BCUT2D eigenvalue weighted by Crippen LogP contribution is -2.24. The Hall–Kier alpha value is -2.16. The fourth-order valence-corrected chi connectivity index (χ4v) is 3.30. The summed E-state index contributed by atoms with van der Waals surface area (Å²) < 4.78 is 0. The van der Waals surface area contributed by atoms with Crippen LogP contribution < -0.4 is 5.32 Å². The van der Waals surface area contributed by atoms with Crippen LogP contribution in [-0.2, 0) is 19.4 Å². The fraction of sp³-hybridized carbons (Fsp3) is 0.429. The van der Waals surface area contributed by atoms with E-state index in [-0.39, 0.29) is 5.91 Å². The highest BCUT2D eigenvalue weighted by Crippen LogP contribution is 2.18. The van der Waals surface area contributed by atoms with Crippen LogP contribution in [0.15, 0.2) is 42.6 Å². The van der Waals surface area contributed by atoms with E-state index in [9.17, 15) is 4.79 Å². The third-order valence-electron chi connectivity index (χ3n) is 4.72. The maximum atomic E-state index is 12.6. The molecule has 0 atom stereocenters. The summed E-state index contributed by atoms with van der Waals surface area (Å²) in [5, 5.41) is 3.03. The molecule has 0 saturated carbocycles. The van der Waals surface area contributed by atoms with Crippen LogP contribution in [0.3, 0.4) is 0 Å². The number of nitrogens with zero attached hydrogens (tertiary/aromatic N) is 1. The topological polar surface area (TPSA) is 42.0 Å². The molecule has 1 heterocycles. The van der Waals surface area contributed by atoms with Gasteiger partial charge < -0.3 is 5.32 Å². The van der Waals surface area contributed by atoms with E-state index in [4.69, 9.17) is 0 Å². The zero-order chi connectivity index (χ0) is 16.6. The van der Waals surface area contributed by atoms with Gasteiger partial charge in [0.1, 0.15) is 0 Å². The van der Waals surface area contributed by atoms with Crippen LogP contribution in [0.2, 0.25) is 0 Å². The number of nitrogens with one attached hydrogen (secondary N) is 1. The number of hydrogen-bond acceptors (Lipinski definition) is 2. The van der Waals surface area contributed by atoms with Gasteiger partial charge in [0, 0.05) is 18.4 Å². The second kappa shape index (κ2) is 8.62. The number of carbonyl (C=O) groups is 1. The van der Waals surface area contributed by atoms with Crippen molar-refractivity contribution < 1.29 is 4.79 Å². The van der Waals surface area contributed by atoms with Crippen LogP contribution in [0.4, 0.5) is 0 Å². The highest BCUT2D eigenvalue weighted by atomic mass is 16.1. The molecule has 24 heavy (non-hydrogen) atoms. The predicted molar refractivity (Wildman–Crippen MR) is 97.0 cm³/mol. The lowest BCUT2D eigenvalue weighted by Gasteiger charge is -2.11. The first kappa shape index (κ1) is 16.7. The molecule has 0 aliphatic heterocycles. The highest BCUT2D eigenvalue weighted by Gasteiger charge is 2.13. The lowest BCUT2D eigenvalue weighted by molar-refractivity contribution is 0.0949. The first-order valence-electron chi connectivity index (χ1n) is 9.13. The molecule has 0 saturated heterocycles. The van der Waals surface area contributed by atoms with Gasteiger partial charge >= 0.3 is 0 Å². The molecule has 3 rings (SSSR count). The Morgan fingerprint density at radius 2 is 1.67 bits per heavy atom. The summed E-state index contributed by atoms with van der Waals surface area (Å²) in [5.74, 6) is -0.0113. The maximum Gasteiger partial charge on any atom is 0.253 e. The van der Waals surface area contributed by atoms with Gasteiger partial charge in [-0.2, -0.15) is 0 Å². The highest BCUT2D eigenvalue weighted by molar-refractivity contribution is 5.95. The van der Waals surface area contributed by atoms with Gasteiger partial charge in [-0.25, -0.2) is 0 Å². The van der Waals surface area contributed by atoms with Crippen molar-refractivity contribution in [3.63, 3.8) is 0 Å². The summed E-state index contributed by atoms with van der Waals surface area (Å²) in [6.07, 6.45) is 11.3. The summed E-state index contributed by atoms with van der Waals surface area (Å²) >= 11 is 0. The standard InChI is InChI=1S/C21H26N2O/c24-21(23-15-17-10-6-5-7-11-17)20-16-22-19-13-9-4-2-1-3-8-12-18(20)14-19/h5-7,10-11,14,16H,1-4,8-9,12-13,15H2,(H,23,24). The first-order valence-corrected chi connectivity index (χ1v) is 9.13. The van der Waals surface area contributed by atoms with Crippen molar-refractivity contribution in [1.82, 2.24) is 10.3 Å². The zero-order valence-electron chi connectivity index (χ0n) is 14.3. The molecule has 1 amide bonds. The molecule has 0 fully saturated rings. The van der Waals surface area contributed by atoms with Crippen molar-refractivity contribution in [2.45, 2.75) is 57.9 Å². The second-order valence-corrected chi connectivity index (χ2v) is 6.62. The maximum absolute atomic E-state index is 12.6. The van der Waals surface area contributed by atoms with Crippen molar-refractivity contribution in [2.75, 3.05) is 0 Å². The van der Waals surface area contributed by atoms with Gasteiger partial charge in [-0.3, -0.25) is 9.78 Å². The Balaban J connectivity index is 1.71. The Kier molecular flexibility index (Phi) is 6.00. The van der Waals surface area contributed by atoms with Crippen molar-refractivity contribution in [2.24, 2.45) is 0 Å². The third kappa shape index (κ3) is 4.67. The number of hydrogen-bond donors (Lipinski definition) is 1. The van der Waals surface area contributed by atoms with Gasteiger partial charge in [0.15, 0.2) is 0 Å². The smallest absolute Gasteiger partial charge is 0.253 e. The van der Waals surface area contributed by atoms with Crippen LogP contribution >= 0.6 is 0 Å². The minimum atomic E-state index is -0.0113. The molecule has 1 aromatic carbocycles. The number of benzene rings is 1. The van der Waals surface area contributed by atoms with E-state index in [1.54, 1.807) is 6.20 Å². The quantitative estimate of drug-likeness (QED) is 0.907. The molecule has 1 aliphatic rings. The average Bonchev–Trinajstić information content (AvgIpc) is 2.66. The van der Waals surface area contributed by atoms with Crippen molar-refractivity contribution in [3.05, 3.63) is 65.0 Å². The Labute approximate surface area is 144 Å². The molecule has 1 aromatic heterocycles. The number of pyridine rings is 1. The summed E-state index contributed by atoms with van der Waals surface area (Å²) in [4.78, 5) is 17.1. The molecule has 3 heteroatoms. The van der Waals surface area contributed by atoms with Crippen molar-refractivity contribution in [3.8, 4) is 0 Å². The molecule has 0 unspecified atom stereocenters. The van der Waals surface area contributed by atoms with Crippen LogP contribution in [-0.4, -0.2) is 10.9 Å². The number of carbonyl (C=O) groups excluding carboxylic acids is 1. The summed E-state index contributed by atoms with van der Waals surface area (Å²) in [7, 11) is 0. The van der Waals surface area contributed by atoms with Gasteiger partial charge in [0.05, 0.1) is 5.56 Å². The molecule has 2 aromatic rings. The fourth-order valence-electron chi connectivity index (χ4n) is 3.30. The van der Waals surface area contributed by atoms with E-state index >= 15 is 0 Å². The number of rotatable bonds is 3. The van der Waals surface area contributed by atoms with Gasteiger partial charge in [-0.15, -0.1) is 0 Å². The summed E-state index contributed by atoms with van der Waals surface area (Å²) in [6.45, 7) is 0.556. The van der Waals surface area contributed by atoms with Gasteiger partial charge in [0.2, 0.25) is 0 Å². The number of aryl methyl sites for hydroxylation is 2. The molecular formula is C21H26N2O. The van der Waals surface area contributed by atoms with E-state index in [1.807, 2.05) is 30.3 Å². The summed E-state index contributed by atoms with van der Waals surface area (Å²) in [5.41, 5.74) is 4.15. The monoisotopic (exact) mass is 322 g/mol. The molecule has 0 spiro atoms. The van der Waals surface area contributed by atoms with E-state index in [0.29, 0.717) is 6.54 Å². The third-order valence-corrected chi connectivity index (χ3v) is 4.72. The molecule has 2 bridgehead atoms. The molecule has 126 valence electrons. The van der Waals surface area contributed by atoms with E-state index in [2.05, 4.69) is 16.4 Å². The Morgan fingerprint density at radius 3 is 2.46 bits per heavy atom. The molecule has 3 nitrogen and oxygen atoms in total.